The Morgan fingerprint density at radius 2 is 1.77 bits per heavy atom. The molecule has 0 fully saturated rings. The molecular weight excluding hydrogens is 394 g/mol. The number of para-hydroxylation sites is 2. The van der Waals surface area contributed by atoms with Gasteiger partial charge in [0.05, 0.1) is 23.1 Å². The van der Waals surface area contributed by atoms with E-state index in [1.165, 1.54) is 11.3 Å². The van der Waals surface area contributed by atoms with Crippen LogP contribution in [0.2, 0.25) is 0 Å². The van der Waals surface area contributed by atoms with E-state index in [9.17, 15) is 4.79 Å². The molecule has 0 aliphatic heterocycles. The molecule has 0 bridgehead atoms. The number of fused-ring (bicyclic) bond motifs is 1. The van der Waals surface area contributed by atoms with Crippen molar-refractivity contribution in [2.75, 3.05) is 0 Å². The maximum Gasteiger partial charge on any atom is 0.226 e. The number of carbonyl (C=O) groups excluding carboxylic acids is 1. The van der Waals surface area contributed by atoms with Gasteiger partial charge in [0.2, 0.25) is 5.91 Å². The number of aromatic nitrogens is 4. The number of imidazole rings is 1. The van der Waals surface area contributed by atoms with Crippen molar-refractivity contribution in [2.24, 2.45) is 0 Å². The van der Waals surface area contributed by atoms with Crippen molar-refractivity contribution in [1.82, 2.24) is 24.8 Å². The lowest BCUT2D eigenvalue weighted by Gasteiger charge is -2.17. The van der Waals surface area contributed by atoms with Gasteiger partial charge < -0.3 is 14.9 Å². The van der Waals surface area contributed by atoms with Crippen molar-refractivity contribution < 1.29 is 4.79 Å². The molecule has 5 aromatic rings. The Labute approximate surface area is 177 Å². The highest BCUT2D eigenvalue weighted by Gasteiger charge is 2.21. The molecule has 0 saturated carbocycles. The molecule has 0 aliphatic rings. The smallest absolute Gasteiger partial charge is 0.226 e. The number of benzene rings is 2. The van der Waals surface area contributed by atoms with Gasteiger partial charge in [0.15, 0.2) is 5.13 Å². The van der Waals surface area contributed by atoms with Crippen LogP contribution in [0.15, 0.2) is 84.5 Å². The van der Waals surface area contributed by atoms with Crippen molar-refractivity contribution in [1.29, 1.82) is 0 Å². The second-order valence-electron chi connectivity index (χ2n) is 6.94. The molecule has 2 aromatic carbocycles. The van der Waals surface area contributed by atoms with Gasteiger partial charge in [-0.15, -0.1) is 11.3 Å². The molecular formula is C23H19N5OS. The number of amides is 1. The van der Waals surface area contributed by atoms with Crippen LogP contribution in [0.3, 0.4) is 0 Å². The summed E-state index contributed by atoms with van der Waals surface area (Å²) in [6, 6.07) is 21.2. The number of hydrogen-bond acceptors (Lipinski definition) is 4. The van der Waals surface area contributed by atoms with Crippen molar-refractivity contribution >= 4 is 28.3 Å². The molecule has 30 heavy (non-hydrogen) atoms. The number of nitrogens with zero attached hydrogens (tertiary/aromatic N) is 3. The Kier molecular flexibility index (Phi) is 4.86. The van der Waals surface area contributed by atoms with Gasteiger partial charge in [-0.2, -0.15) is 0 Å². The average molecular weight is 414 g/mol. The van der Waals surface area contributed by atoms with Gasteiger partial charge in [-0.3, -0.25) is 4.79 Å². The minimum absolute atomic E-state index is 0.103. The summed E-state index contributed by atoms with van der Waals surface area (Å²) in [7, 11) is 0. The molecule has 5 rings (SSSR count). The third-order valence-corrected chi connectivity index (χ3v) is 5.73. The summed E-state index contributed by atoms with van der Waals surface area (Å²) in [5, 5.41) is 5.90. The zero-order valence-corrected chi connectivity index (χ0v) is 16.8. The van der Waals surface area contributed by atoms with Crippen molar-refractivity contribution in [3.05, 3.63) is 102 Å². The molecule has 148 valence electrons. The molecule has 0 saturated heterocycles. The number of nitrogens with one attached hydrogen (secondary N) is 2. The van der Waals surface area contributed by atoms with Gasteiger partial charge in [0.1, 0.15) is 11.9 Å². The predicted octanol–water partition coefficient (Wildman–Crippen LogP) is 4.26. The standard InChI is InChI=1S/C23H19N5OS/c29-20(14-17-15-30-23(24-17)28-12-6-7-13-28)27-21(16-8-2-1-3-9-16)22-25-18-10-4-5-11-19(18)26-22/h1-13,15,21H,14H2,(H,25,26)(H,27,29)/t21-/m1/s1. The fraction of sp³-hybridized carbons (Fsp3) is 0.0870. The zero-order valence-electron chi connectivity index (χ0n) is 16.0. The van der Waals surface area contributed by atoms with Crippen molar-refractivity contribution in [2.45, 2.75) is 12.5 Å². The molecule has 3 aromatic heterocycles. The maximum atomic E-state index is 12.9. The van der Waals surface area contributed by atoms with Gasteiger partial charge in [-0.05, 0) is 29.8 Å². The van der Waals surface area contributed by atoms with Crippen LogP contribution in [0, 0.1) is 0 Å². The fourth-order valence-electron chi connectivity index (χ4n) is 3.40. The Morgan fingerprint density at radius 1 is 1.00 bits per heavy atom. The highest BCUT2D eigenvalue weighted by atomic mass is 32.1. The number of aromatic amines is 1. The molecule has 3 heterocycles. The SMILES string of the molecule is O=C(Cc1csc(-n2cccc2)n1)N[C@H](c1ccccc1)c1nc2ccccc2[nH]1. The summed E-state index contributed by atoms with van der Waals surface area (Å²) in [5.41, 5.74) is 3.53. The second-order valence-corrected chi connectivity index (χ2v) is 7.78. The minimum atomic E-state index is -0.367. The van der Waals surface area contributed by atoms with E-state index in [0.29, 0.717) is 5.82 Å². The molecule has 0 radical (unpaired) electrons. The molecule has 1 amide bonds. The highest BCUT2D eigenvalue weighted by Crippen LogP contribution is 2.23. The first-order valence-electron chi connectivity index (χ1n) is 9.63. The van der Waals surface area contributed by atoms with Crippen molar-refractivity contribution in [3.8, 4) is 5.13 Å². The number of thiazole rings is 1. The average Bonchev–Trinajstić information content (AvgIpc) is 3.52. The fourth-order valence-corrected chi connectivity index (χ4v) is 4.19. The molecule has 0 unspecified atom stereocenters. The largest absolute Gasteiger partial charge is 0.342 e. The Balaban J connectivity index is 1.39. The molecule has 1 atom stereocenters. The Morgan fingerprint density at radius 3 is 2.57 bits per heavy atom. The lowest BCUT2D eigenvalue weighted by Crippen LogP contribution is -2.31. The van der Waals surface area contributed by atoms with E-state index in [-0.39, 0.29) is 18.4 Å². The monoisotopic (exact) mass is 413 g/mol. The van der Waals surface area contributed by atoms with E-state index in [4.69, 9.17) is 4.98 Å². The molecule has 2 N–H and O–H groups in total. The van der Waals surface area contributed by atoms with Crippen LogP contribution in [-0.2, 0) is 11.2 Å². The van der Waals surface area contributed by atoms with Gasteiger partial charge in [0.25, 0.3) is 0 Å². The van der Waals surface area contributed by atoms with Crippen LogP contribution in [0.1, 0.15) is 23.1 Å². The van der Waals surface area contributed by atoms with E-state index in [2.05, 4.69) is 15.3 Å². The van der Waals surface area contributed by atoms with Crippen molar-refractivity contribution in [3.63, 3.8) is 0 Å². The van der Waals surface area contributed by atoms with E-state index >= 15 is 0 Å². The third-order valence-electron chi connectivity index (χ3n) is 4.83. The van der Waals surface area contributed by atoms with Crippen LogP contribution < -0.4 is 5.32 Å². The van der Waals surface area contributed by atoms with Crippen LogP contribution in [-0.4, -0.2) is 25.4 Å². The Bertz CT molecular complexity index is 1240. The number of hydrogen-bond donors (Lipinski definition) is 2. The summed E-state index contributed by atoms with van der Waals surface area (Å²) in [5.74, 6) is 0.607. The van der Waals surface area contributed by atoms with Crippen LogP contribution in [0.25, 0.3) is 16.2 Å². The predicted molar refractivity (Wildman–Crippen MR) is 118 cm³/mol. The van der Waals surface area contributed by atoms with Gasteiger partial charge in [-0.25, -0.2) is 9.97 Å². The van der Waals surface area contributed by atoms with E-state index in [0.717, 1.165) is 27.4 Å². The van der Waals surface area contributed by atoms with E-state index < -0.39 is 0 Å². The molecule has 6 nitrogen and oxygen atoms in total. The second kappa shape index (κ2) is 7.96. The normalized spacial score (nSPS) is 12.1. The quantitative estimate of drug-likeness (QED) is 0.437. The molecule has 0 spiro atoms. The summed E-state index contributed by atoms with van der Waals surface area (Å²) in [6.07, 6.45) is 4.09. The summed E-state index contributed by atoms with van der Waals surface area (Å²) in [6.45, 7) is 0. The topological polar surface area (TPSA) is 75.6 Å². The first kappa shape index (κ1) is 18.3. The first-order chi connectivity index (χ1) is 14.8. The number of H-pyrrole nitrogens is 1. The summed E-state index contributed by atoms with van der Waals surface area (Å²) in [4.78, 5) is 25.5. The van der Waals surface area contributed by atoms with Crippen LogP contribution in [0.4, 0.5) is 0 Å². The summed E-state index contributed by atoms with van der Waals surface area (Å²) < 4.78 is 1.94. The lowest BCUT2D eigenvalue weighted by atomic mass is 10.1. The molecule has 0 aliphatic carbocycles. The van der Waals surface area contributed by atoms with E-state index in [1.807, 2.05) is 89.1 Å². The minimum Gasteiger partial charge on any atom is -0.342 e. The lowest BCUT2D eigenvalue weighted by molar-refractivity contribution is -0.121. The highest BCUT2D eigenvalue weighted by molar-refractivity contribution is 7.12. The van der Waals surface area contributed by atoms with Crippen LogP contribution >= 0.6 is 11.3 Å². The van der Waals surface area contributed by atoms with E-state index in [1.54, 1.807) is 0 Å². The van der Waals surface area contributed by atoms with Gasteiger partial charge in [0, 0.05) is 17.8 Å². The van der Waals surface area contributed by atoms with Crippen LogP contribution in [0.5, 0.6) is 0 Å². The maximum absolute atomic E-state index is 12.9. The third kappa shape index (κ3) is 3.75. The Hall–Kier alpha value is -3.71. The summed E-state index contributed by atoms with van der Waals surface area (Å²) >= 11 is 1.52. The zero-order chi connectivity index (χ0) is 20.3. The number of rotatable bonds is 6. The van der Waals surface area contributed by atoms with Gasteiger partial charge >= 0.3 is 0 Å². The first-order valence-corrected chi connectivity index (χ1v) is 10.5. The van der Waals surface area contributed by atoms with Gasteiger partial charge in [-0.1, -0.05) is 42.5 Å². The molecule has 7 heteroatoms. The number of carbonyl (C=O) groups is 1.